The second kappa shape index (κ2) is 5.75. The van der Waals surface area contributed by atoms with Gasteiger partial charge < -0.3 is 14.6 Å². The Kier molecular flexibility index (Phi) is 3.60. The first kappa shape index (κ1) is 13.8. The van der Waals surface area contributed by atoms with E-state index in [0.29, 0.717) is 6.54 Å². The summed E-state index contributed by atoms with van der Waals surface area (Å²) in [6, 6.07) is 17.0. The Labute approximate surface area is 130 Å². The molecular weight excluding hydrogens is 272 g/mol. The van der Waals surface area contributed by atoms with Crippen LogP contribution in [0, 0.1) is 0 Å². The number of hydrogen-bond acceptors (Lipinski definition) is 2. The molecule has 0 unspecified atom stereocenters. The van der Waals surface area contributed by atoms with E-state index in [1.807, 2.05) is 0 Å². The lowest BCUT2D eigenvalue weighted by Gasteiger charge is -2.20. The molecule has 2 heterocycles. The summed E-state index contributed by atoms with van der Waals surface area (Å²) in [5, 5.41) is 13.1. The lowest BCUT2D eigenvalue weighted by molar-refractivity contribution is 0.111. The molecule has 2 aromatic carbocycles. The highest BCUT2D eigenvalue weighted by Crippen LogP contribution is 2.28. The number of β-amino-alcohol motifs (C(OH)–C–C–N with tert-alkyl or cyclic N) is 1. The van der Waals surface area contributed by atoms with Crippen LogP contribution in [0.4, 0.5) is 0 Å². The zero-order valence-corrected chi connectivity index (χ0v) is 12.8. The van der Waals surface area contributed by atoms with Crippen molar-refractivity contribution < 1.29 is 5.11 Å². The van der Waals surface area contributed by atoms with Gasteiger partial charge in [0, 0.05) is 28.4 Å². The van der Waals surface area contributed by atoms with Crippen molar-refractivity contribution in [2.24, 2.45) is 0 Å². The van der Waals surface area contributed by atoms with E-state index in [4.69, 9.17) is 0 Å². The molecule has 0 aliphatic carbocycles. The largest absolute Gasteiger partial charge is 0.390 e. The van der Waals surface area contributed by atoms with E-state index < -0.39 is 0 Å². The van der Waals surface area contributed by atoms with Gasteiger partial charge in [0.1, 0.15) is 0 Å². The molecule has 3 nitrogen and oxygen atoms in total. The highest BCUT2D eigenvalue weighted by Gasteiger charge is 2.18. The molecule has 1 fully saturated rings. The van der Waals surface area contributed by atoms with Gasteiger partial charge in [-0.05, 0) is 38.1 Å². The van der Waals surface area contributed by atoms with Crippen molar-refractivity contribution in [2.45, 2.75) is 25.5 Å². The fourth-order valence-corrected chi connectivity index (χ4v) is 3.73. The van der Waals surface area contributed by atoms with Gasteiger partial charge in [0.2, 0.25) is 0 Å². The van der Waals surface area contributed by atoms with E-state index in [0.717, 1.165) is 19.6 Å². The van der Waals surface area contributed by atoms with Gasteiger partial charge in [-0.2, -0.15) is 0 Å². The number of likely N-dealkylation sites (tertiary alicyclic amines) is 1. The molecular formula is C19H22N2O. The van der Waals surface area contributed by atoms with Crippen LogP contribution < -0.4 is 0 Å². The Morgan fingerprint density at radius 2 is 1.36 bits per heavy atom. The van der Waals surface area contributed by atoms with Crippen LogP contribution in [0.25, 0.3) is 21.8 Å². The zero-order valence-electron chi connectivity index (χ0n) is 12.8. The van der Waals surface area contributed by atoms with Crippen molar-refractivity contribution in [1.82, 2.24) is 9.47 Å². The fourth-order valence-electron chi connectivity index (χ4n) is 3.73. The number of rotatable bonds is 4. The first-order chi connectivity index (χ1) is 10.8. The van der Waals surface area contributed by atoms with E-state index in [1.54, 1.807) is 0 Å². The summed E-state index contributed by atoms with van der Waals surface area (Å²) in [4.78, 5) is 2.37. The molecule has 1 N–H and O–H groups in total. The molecule has 1 aromatic heterocycles. The molecule has 4 rings (SSSR count). The van der Waals surface area contributed by atoms with Gasteiger partial charge in [-0.3, -0.25) is 0 Å². The minimum absolute atomic E-state index is 0.322. The molecule has 0 bridgehead atoms. The monoisotopic (exact) mass is 294 g/mol. The number of para-hydroxylation sites is 2. The maximum absolute atomic E-state index is 10.5. The molecule has 0 amide bonds. The fraction of sp³-hybridized carbons (Fsp3) is 0.368. The van der Waals surface area contributed by atoms with Crippen LogP contribution >= 0.6 is 0 Å². The number of benzene rings is 2. The smallest absolute Gasteiger partial charge is 0.0845 e. The minimum Gasteiger partial charge on any atom is -0.390 e. The number of nitrogens with zero attached hydrogens (tertiary/aromatic N) is 2. The molecule has 3 aromatic rings. The van der Waals surface area contributed by atoms with Crippen molar-refractivity contribution in [1.29, 1.82) is 0 Å². The van der Waals surface area contributed by atoms with Crippen LogP contribution in [0.15, 0.2) is 48.5 Å². The molecule has 3 heteroatoms. The number of aliphatic hydroxyl groups excluding tert-OH is 1. The lowest BCUT2D eigenvalue weighted by Crippen LogP contribution is -2.32. The van der Waals surface area contributed by atoms with Gasteiger partial charge in [-0.1, -0.05) is 36.4 Å². The molecule has 0 radical (unpaired) electrons. The molecule has 0 saturated carbocycles. The van der Waals surface area contributed by atoms with Crippen LogP contribution in [0.1, 0.15) is 12.8 Å². The predicted octanol–water partition coefficient (Wildman–Crippen LogP) is 3.25. The van der Waals surface area contributed by atoms with Crippen molar-refractivity contribution >= 4 is 21.8 Å². The topological polar surface area (TPSA) is 28.4 Å². The first-order valence-corrected chi connectivity index (χ1v) is 8.19. The van der Waals surface area contributed by atoms with E-state index in [2.05, 4.69) is 58.0 Å². The Balaban J connectivity index is 1.69. The van der Waals surface area contributed by atoms with Gasteiger partial charge in [0.15, 0.2) is 0 Å². The van der Waals surface area contributed by atoms with Crippen molar-refractivity contribution in [3.8, 4) is 0 Å². The number of hydrogen-bond donors (Lipinski definition) is 1. The van der Waals surface area contributed by atoms with Gasteiger partial charge in [-0.25, -0.2) is 0 Å². The van der Waals surface area contributed by atoms with E-state index in [9.17, 15) is 5.11 Å². The summed E-state index contributed by atoms with van der Waals surface area (Å²) in [7, 11) is 0. The normalized spacial score (nSPS) is 17.5. The SMILES string of the molecule is O[C@H](CN1CCCC1)Cn1c2ccccc2c2ccccc21. The molecule has 1 atom stereocenters. The van der Waals surface area contributed by atoms with Crippen molar-refractivity contribution in [2.75, 3.05) is 19.6 Å². The Hall–Kier alpha value is -1.84. The van der Waals surface area contributed by atoms with Crippen LogP contribution in [0.2, 0.25) is 0 Å². The van der Waals surface area contributed by atoms with Crippen LogP contribution in [0.5, 0.6) is 0 Å². The third kappa shape index (κ3) is 2.40. The second-order valence-corrected chi connectivity index (χ2v) is 6.31. The highest BCUT2D eigenvalue weighted by atomic mass is 16.3. The summed E-state index contributed by atoms with van der Waals surface area (Å²) >= 11 is 0. The molecule has 22 heavy (non-hydrogen) atoms. The van der Waals surface area contributed by atoms with E-state index in [-0.39, 0.29) is 6.10 Å². The van der Waals surface area contributed by atoms with Crippen LogP contribution in [0.3, 0.4) is 0 Å². The second-order valence-electron chi connectivity index (χ2n) is 6.31. The van der Waals surface area contributed by atoms with E-state index in [1.165, 1.54) is 34.6 Å². The number of aromatic nitrogens is 1. The minimum atomic E-state index is -0.322. The number of fused-ring (bicyclic) bond motifs is 3. The molecule has 0 spiro atoms. The van der Waals surface area contributed by atoms with E-state index >= 15 is 0 Å². The van der Waals surface area contributed by atoms with Gasteiger partial charge in [-0.15, -0.1) is 0 Å². The summed E-state index contributed by atoms with van der Waals surface area (Å²) in [5.41, 5.74) is 2.42. The highest BCUT2D eigenvalue weighted by molar-refractivity contribution is 6.07. The third-order valence-electron chi connectivity index (χ3n) is 4.74. The molecule has 114 valence electrons. The van der Waals surface area contributed by atoms with Gasteiger partial charge >= 0.3 is 0 Å². The lowest BCUT2D eigenvalue weighted by atomic mass is 10.2. The first-order valence-electron chi connectivity index (χ1n) is 8.19. The predicted molar refractivity (Wildman–Crippen MR) is 91.1 cm³/mol. The maximum atomic E-state index is 10.5. The summed E-state index contributed by atoms with van der Waals surface area (Å²) in [6.45, 7) is 3.69. The molecule has 1 aliphatic rings. The average molecular weight is 294 g/mol. The zero-order chi connectivity index (χ0) is 14.9. The van der Waals surface area contributed by atoms with Crippen molar-refractivity contribution in [3.63, 3.8) is 0 Å². The average Bonchev–Trinajstić information content (AvgIpc) is 3.15. The third-order valence-corrected chi connectivity index (χ3v) is 4.74. The number of aliphatic hydroxyl groups is 1. The quantitative estimate of drug-likeness (QED) is 0.800. The molecule has 1 saturated heterocycles. The van der Waals surface area contributed by atoms with Crippen LogP contribution in [-0.4, -0.2) is 40.3 Å². The standard InChI is InChI=1S/C19H22N2O/c22-15(13-20-11-5-6-12-20)14-21-18-9-3-1-7-16(18)17-8-2-4-10-19(17)21/h1-4,7-10,15,22H,5-6,11-14H2/t15-/m1/s1. The summed E-state index contributed by atoms with van der Waals surface area (Å²) in [5.74, 6) is 0. The van der Waals surface area contributed by atoms with Crippen LogP contribution in [-0.2, 0) is 6.54 Å². The summed E-state index contributed by atoms with van der Waals surface area (Å²) in [6.07, 6.45) is 2.21. The Morgan fingerprint density at radius 1 is 0.818 bits per heavy atom. The Bertz CT molecular complexity index is 733. The Morgan fingerprint density at radius 3 is 1.95 bits per heavy atom. The van der Waals surface area contributed by atoms with Crippen molar-refractivity contribution in [3.05, 3.63) is 48.5 Å². The maximum Gasteiger partial charge on any atom is 0.0845 e. The molecule has 1 aliphatic heterocycles. The van der Waals surface area contributed by atoms with Gasteiger partial charge in [0.05, 0.1) is 12.6 Å². The van der Waals surface area contributed by atoms with Gasteiger partial charge in [0.25, 0.3) is 0 Å². The summed E-state index contributed by atoms with van der Waals surface area (Å²) < 4.78 is 2.27.